The van der Waals surface area contributed by atoms with Gasteiger partial charge in [0, 0.05) is 0 Å². The van der Waals surface area contributed by atoms with E-state index >= 15 is 0 Å². The Balaban J connectivity index is 2.06. The molecule has 0 saturated carbocycles. The second kappa shape index (κ2) is 5.50. The highest BCUT2D eigenvalue weighted by molar-refractivity contribution is 5.98. The Kier molecular flexibility index (Phi) is 3.21. The molecule has 0 aliphatic heterocycles. The fourth-order valence-electron chi connectivity index (χ4n) is 3.05. The molecule has 22 heavy (non-hydrogen) atoms. The summed E-state index contributed by atoms with van der Waals surface area (Å²) in [6, 6.07) is 34.3. The lowest BCUT2D eigenvalue weighted by Gasteiger charge is -2.07. The number of hydrogen-bond donors (Lipinski definition) is 0. The summed E-state index contributed by atoms with van der Waals surface area (Å²) in [5.41, 5.74) is 7.73. The normalized spacial score (nSPS) is 10.7. The van der Waals surface area contributed by atoms with E-state index in [1.165, 1.54) is 33.4 Å². The smallest absolute Gasteiger partial charge is 0.00266 e. The summed E-state index contributed by atoms with van der Waals surface area (Å²) >= 11 is 0. The van der Waals surface area contributed by atoms with Gasteiger partial charge in [-0.2, -0.15) is 0 Å². The molecule has 0 spiro atoms. The van der Waals surface area contributed by atoms with E-state index in [0.717, 1.165) is 0 Å². The average molecular weight is 280 g/mol. The van der Waals surface area contributed by atoms with E-state index in [0.29, 0.717) is 0 Å². The average Bonchev–Trinajstić information content (AvgIpc) is 2.79. The zero-order valence-electron chi connectivity index (χ0n) is 12.2. The number of benzene rings is 2. The van der Waals surface area contributed by atoms with Crippen LogP contribution in [0.1, 0.15) is 0 Å². The van der Waals surface area contributed by atoms with Gasteiger partial charge in [0.15, 0.2) is 0 Å². The first kappa shape index (κ1) is 12.8. The Hall–Kier alpha value is -2.86. The van der Waals surface area contributed by atoms with E-state index in [4.69, 9.17) is 0 Å². The maximum Gasteiger partial charge on any atom is -0.00266 e. The highest BCUT2D eigenvalue weighted by Crippen LogP contribution is 2.43. The molecule has 0 N–H and O–H groups in total. The van der Waals surface area contributed by atoms with E-state index < -0.39 is 0 Å². The van der Waals surface area contributed by atoms with Crippen LogP contribution in [0, 0.1) is 0 Å². The summed E-state index contributed by atoms with van der Waals surface area (Å²) in [4.78, 5) is 0. The first-order chi connectivity index (χ1) is 10.9. The van der Waals surface area contributed by atoms with Crippen molar-refractivity contribution in [1.82, 2.24) is 0 Å². The van der Waals surface area contributed by atoms with Crippen molar-refractivity contribution in [2.45, 2.75) is 0 Å². The fourth-order valence-corrected chi connectivity index (χ4v) is 3.05. The molecule has 0 heterocycles. The molecule has 0 nitrogen and oxygen atoms in total. The van der Waals surface area contributed by atoms with Gasteiger partial charge in [-0.1, -0.05) is 91.0 Å². The number of rotatable bonds is 2. The molecule has 0 fully saturated rings. The van der Waals surface area contributed by atoms with Crippen molar-refractivity contribution in [2.24, 2.45) is 0 Å². The summed E-state index contributed by atoms with van der Waals surface area (Å²) in [6.45, 7) is 0. The van der Waals surface area contributed by atoms with Crippen molar-refractivity contribution in [2.75, 3.05) is 0 Å². The van der Waals surface area contributed by atoms with Crippen molar-refractivity contribution in [3.05, 3.63) is 97.1 Å². The number of fused-ring (bicyclic) bond motifs is 1. The molecule has 0 heteroatoms. The summed E-state index contributed by atoms with van der Waals surface area (Å²) in [6.07, 6.45) is 0. The Bertz CT molecular complexity index is 861. The maximum absolute atomic E-state index is 2.30. The molecule has 0 saturated heterocycles. The first-order valence-electron chi connectivity index (χ1n) is 7.56. The monoisotopic (exact) mass is 280 g/mol. The van der Waals surface area contributed by atoms with Gasteiger partial charge in [-0.3, -0.25) is 0 Å². The third-order valence-electron chi connectivity index (χ3n) is 4.06. The van der Waals surface area contributed by atoms with E-state index in [1.807, 2.05) is 0 Å². The number of hydrogen-bond acceptors (Lipinski definition) is 0. The molecule has 104 valence electrons. The van der Waals surface area contributed by atoms with Crippen molar-refractivity contribution in [3.63, 3.8) is 0 Å². The lowest BCUT2D eigenvalue weighted by Crippen LogP contribution is -1.81. The van der Waals surface area contributed by atoms with Crippen molar-refractivity contribution >= 4 is 0 Å². The quantitative estimate of drug-likeness (QED) is 0.414. The highest BCUT2D eigenvalue weighted by Gasteiger charge is 2.17. The summed E-state index contributed by atoms with van der Waals surface area (Å²) in [5, 5.41) is 0. The lowest BCUT2D eigenvalue weighted by atomic mass is 9.96. The molecule has 0 amide bonds. The zero-order chi connectivity index (χ0) is 14.8. The minimum Gasteiger partial charge on any atom is -0.0622 e. The molecule has 0 unspecified atom stereocenters. The van der Waals surface area contributed by atoms with Gasteiger partial charge in [0.1, 0.15) is 0 Å². The van der Waals surface area contributed by atoms with Crippen molar-refractivity contribution < 1.29 is 0 Å². The molecule has 2 aliphatic rings. The van der Waals surface area contributed by atoms with Gasteiger partial charge >= 0.3 is 0 Å². The highest BCUT2D eigenvalue weighted by atomic mass is 14.2. The van der Waals surface area contributed by atoms with E-state index in [2.05, 4.69) is 97.1 Å². The minimum atomic E-state index is 1.26. The third kappa shape index (κ3) is 2.19. The Labute approximate surface area is 131 Å². The van der Waals surface area contributed by atoms with Crippen LogP contribution in [0.5, 0.6) is 0 Å². The van der Waals surface area contributed by atoms with Gasteiger partial charge in [0.2, 0.25) is 0 Å². The van der Waals surface area contributed by atoms with Crippen LogP contribution in [-0.4, -0.2) is 0 Å². The standard InChI is InChI=1S/C22H16/c1-4-10-17(11-5-1)21-16-19-14-8-3-9-15-20(19)22(21)18-12-6-2-7-13-18/h1-16H. The van der Waals surface area contributed by atoms with Crippen LogP contribution in [0.15, 0.2) is 97.1 Å². The molecule has 0 radical (unpaired) electrons. The molecule has 4 rings (SSSR count). The van der Waals surface area contributed by atoms with Crippen LogP contribution in [0.3, 0.4) is 0 Å². The second-order valence-corrected chi connectivity index (χ2v) is 5.44. The Morgan fingerprint density at radius 2 is 0.864 bits per heavy atom. The summed E-state index contributed by atoms with van der Waals surface area (Å²) in [7, 11) is 0. The zero-order valence-corrected chi connectivity index (χ0v) is 12.2. The van der Waals surface area contributed by atoms with Crippen molar-refractivity contribution in [1.29, 1.82) is 0 Å². The molecule has 2 aromatic carbocycles. The Morgan fingerprint density at radius 3 is 1.50 bits per heavy atom. The maximum atomic E-state index is 2.30. The van der Waals surface area contributed by atoms with Crippen LogP contribution in [0.2, 0.25) is 0 Å². The third-order valence-corrected chi connectivity index (χ3v) is 4.06. The Morgan fingerprint density at radius 1 is 0.364 bits per heavy atom. The molecular formula is C22H16. The minimum absolute atomic E-state index is 1.26. The van der Waals surface area contributed by atoms with Crippen LogP contribution in [-0.2, 0) is 0 Å². The van der Waals surface area contributed by atoms with Crippen molar-refractivity contribution in [3.8, 4) is 33.4 Å². The summed E-state index contributed by atoms with van der Waals surface area (Å²) in [5.74, 6) is 0. The van der Waals surface area contributed by atoms with Crippen LogP contribution in [0.25, 0.3) is 33.4 Å². The van der Waals surface area contributed by atoms with Gasteiger partial charge in [-0.25, -0.2) is 0 Å². The predicted octanol–water partition coefficient (Wildman–Crippen LogP) is 6.13. The molecule has 0 aromatic heterocycles. The summed E-state index contributed by atoms with van der Waals surface area (Å²) < 4.78 is 0. The SMILES string of the molecule is c1ccc(-c2cc3cccccc-3c2-c2ccccc2)cc1. The van der Waals surface area contributed by atoms with E-state index in [1.54, 1.807) is 0 Å². The van der Waals surface area contributed by atoms with Gasteiger partial charge in [-0.05, 0) is 39.4 Å². The fraction of sp³-hybridized carbons (Fsp3) is 0. The first-order valence-corrected chi connectivity index (χ1v) is 7.56. The topological polar surface area (TPSA) is 0 Å². The largest absolute Gasteiger partial charge is 0.0622 e. The second-order valence-electron chi connectivity index (χ2n) is 5.44. The molecule has 2 aromatic rings. The van der Waals surface area contributed by atoms with Crippen LogP contribution in [0.4, 0.5) is 0 Å². The molecule has 2 aliphatic carbocycles. The van der Waals surface area contributed by atoms with Gasteiger partial charge in [0.25, 0.3) is 0 Å². The van der Waals surface area contributed by atoms with Crippen LogP contribution < -0.4 is 0 Å². The van der Waals surface area contributed by atoms with Gasteiger partial charge in [-0.15, -0.1) is 0 Å². The van der Waals surface area contributed by atoms with Gasteiger partial charge < -0.3 is 0 Å². The van der Waals surface area contributed by atoms with E-state index in [9.17, 15) is 0 Å². The molecular weight excluding hydrogens is 264 g/mol. The lowest BCUT2D eigenvalue weighted by molar-refractivity contribution is 1.64. The van der Waals surface area contributed by atoms with Crippen LogP contribution >= 0.6 is 0 Å². The molecule has 0 atom stereocenters. The van der Waals surface area contributed by atoms with E-state index in [-0.39, 0.29) is 0 Å². The molecule has 0 bridgehead atoms. The van der Waals surface area contributed by atoms with Gasteiger partial charge in [0.05, 0.1) is 0 Å². The predicted molar refractivity (Wildman–Crippen MR) is 93.9 cm³/mol.